The second-order valence-electron chi connectivity index (χ2n) is 4.62. The van der Waals surface area contributed by atoms with Crippen LogP contribution in [-0.4, -0.2) is 30.3 Å². The van der Waals surface area contributed by atoms with Crippen LogP contribution < -0.4 is 5.73 Å². The number of ketones is 1. The van der Waals surface area contributed by atoms with Crippen molar-refractivity contribution in [3.8, 4) is 0 Å². The molecule has 92 valence electrons. The van der Waals surface area contributed by atoms with E-state index in [0.29, 0.717) is 0 Å². The molecule has 17 heavy (non-hydrogen) atoms. The molecular formula is C14H20N2O. The highest BCUT2D eigenvalue weighted by molar-refractivity contribution is 5.98. The Balaban J connectivity index is 2.11. The fourth-order valence-corrected chi connectivity index (χ4v) is 2.40. The zero-order chi connectivity index (χ0) is 12.1. The summed E-state index contributed by atoms with van der Waals surface area (Å²) in [4.78, 5) is 14.2. The van der Waals surface area contributed by atoms with Crippen molar-refractivity contribution in [3.63, 3.8) is 0 Å². The van der Waals surface area contributed by atoms with Gasteiger partial charge in [-0.2, -0.15) is 0 Å². The quantitative estimate of drug-likeness (QED) is 0.805. The Morgan fingerprint density at radius 2 is 1.88 bits per heavy atom. The molecule has 0 spiro atoms. The Morgan fingerprint density at radius 1 is 1.18 bits per heavy atom. The number of nitrogens with zero attached hydrogens (tertiary/aromatic N) is 1. The van der Waals surface area contributed by atoms with E-state index in [1.165, 1.54) is 19.3 Å². The second kappa shape index (κ2) is 5.94. The average molecular weight is 232 g/mol. The zero-order valence-corrected chi connectivity index (χ0v) is 10.2. The SMILES string of the molecule is NCC(=O)c1ccccc1CN1CCCCC1. The number of Topliss-reactive ketones (excluding diaryl/α,β-unsaturated/α-hetero) is 1. The minimum atomic E-state index is 0.0395. The molecule has 0 aliphatic carbocycles. The van der Waals surface area contributed by atoms with Gasteiger partial charge in [-0.25, -0.2) is 0 Å². The molecule has 1 aliphatic heterocycles. The van der Waals surface area contributed by atoms with Crippen LogP contribution in [-0.2, 0) is 6.54 Å². The summed E-state index contributed by atoms with van der Waals surface area (Å²) in [6.45, 7) is 3.26. The fourth-order valence-electron chi connectivity index (χ4n) is 2.40. The van der Waals surface area contributed by atoms with E-state index >= 15 is 0 Å². The molecule has 3 nitrogen and oxygen atoms in total. The van der Waals surface area contributed by atoms with E-state index in [1.807, 2.05) is 24.3 Å². The van der Waals surface area contributed by atoms with Crippen molar-refractivity contribution >= 4 is 5.78 Å². The van der Waals surface area contributed by atoms with Gasteiger partial charge in [-0.05, 0) is 31.5 Å². The number of benzene rings is 1. The molecule has 0 unspecified atom stereocenters. The summed E-state index contributed by atoms with van der Waals surface area (Å²) < 4.78 is 0. The van der Waals surface area contributed by atoms with Crippen LogP contribution in [0.15, 0.2) is 24.3 Å². The van der Waals surface area contributed by atoms with Crippen molar-refractivity contribution in [1.82, 2.24) is 4.90 Å². The molecule has 0 saturated carbocycles. The Bertz CT molecular complexity index is 384. The Labute approximate surface area is 103 Å². The van der Waals surface area contributed by atoms with Crippen LogP contribution in [0.4, 0.5) is 0 Å². The van der Waals surface area contributed by atoms with Crippen LogP contribution in [0.5, 0.6) is 0 Å². The summed E-state index contributed by atoms with van der Waals surface area (Å²) in [6.07, 6.45) is 3.87. The maximum Gasteiger partial charge on any atom is 0.176 e. The standard InChI is InChI=1S/C14H20N2O/c15-10-14(17)13-7-3-2-6-12(13)11-16-8-4-1-5-9-16/h2-3,6-7H,1,4-5,8-11,15H2. The van der Waals surface area contributed by atoms with E-state index in [-0.39, 0.29) is 12.3 Å². The van der Waals surface area contributed by atoms with Gasteiger partial charge in [0.05, 0.1) is 6.54 Å². The van der Waals surface area contributed by atoms with Gasteiger partial charge in [-0.1, -0.05) is 30.7 Å². The van der Waals surface area contributed by atoms with Crippen LogP contribution in [0.1, 0.15) is 35.2 Å². The second-order valence-corrected chi connectivity index (χ2v) is 4.62. The third kappa shape index (κ3) is 3.14. The first-order valence-corrected chi connectivity index (χ1v) is 6.35. The third-order valence-corrected chi connectivity index (χ3v) is 3.35. The van der Waals surface area contributed by atoms with Gasteiger partial charge < -0.3 is 5.73 Å². The topological polar surface area (TPSA) is 46.3 Å². The summed E-state index contributed by atoms with van der Waals surface area (Å²) in [5.41, 5.74) is 7.35. The predicted octanol–water partition coefficient (Wildman–Crippen LogP) is 1.81. The number of piperidine rings is 1. The van der Waals surface area contributed by atoms with Gasteiger partial charge in [0.2, 0.25) is 0 Å². The third-order valence-electron chi connectivity index (χ3n) is 3.35. The molecule has 0 atom stereocenters. The average Bonchev–Trinajstić information content (AvgIpc) is 2.40. The molecule has 2 rings (SSSR count). The Hall–Kier alpha value is -1.19. The van der Waals surface area contributed by atoms with Gasteiger partial charge in [-0.3, -0.25) is 9.69 Å². The molecule has 1 aliphatic rings. The van der Waals surface area contributed by atoms with Crippen molar-refractivity contribution in [1.29, 1.82) is 0 Å². The monoisotopic (exact) mass is 232 g/mol. The van der Waals surface area contributed by atoms with E-state index in [0.717, 1.165) is 30.8 Å². The van der Waals surface area contributed by atoms with Gasteiger partial charge in [-0.15, -0.1) is 0 Å². The first kappa shape index (κ1) is 12.3. The first-order valence-electron chi connectivity index (χ1n) is 6.35. The van der Waals surface area contributed by atoms with E-state index in [2.05, 4.69) is 4.90 Å². The molecule has 1 aromatic carbocycles. The van der Waals surface area contributed by atoms with Gasteiger partial charge in [0.25, 0.3) is 0 Å². The first-order chi connectivity index (χ1) is 8.31. The van der Waals surface area contributed by atoms with Crippen molar-refractivity contribution in [2.24, 2.45) is 5.73 Å². The lowest BCUT2D eigenvalue weighted by molar-refractivity contribution is 0.0999. The molecule has 0 aromatic heterocycles. The van der Waals surface area contributed by atoms with E-state index in [1.54, 1.807) is 0 Å². The molecule has 0 amide bonds. The minimum Gasteiger partial charge on any atom is -0.324 e. The maximum absolute atomic E-state index is 11.7. The highest BCUT2D eigenvalue weighted by atomic mass is 16.1. The molecule has 1 fully saturated rings. The molecule has 1 aromatic rings. The Kier molecular flexibility index (Phi) is 4.29. The van der Waals surface area contributed by atoms with Gasteiger partial charge in [0, 0.05) is 12.1 Å². The minimum absolute atomic E-state index is 0.0395. The van der Waals surface area contributed by atoms with Crippen LogP contribution in [0, 0.1) is 0 Å². The van der Waals surface area contributed by atoms with Crippen molar-refractivity contribution in [2.45, 2.75) is 25.8 Å². The van der Waals surface area contributed by atoms with Gasteiger partial charge >= 0.3 is 0 Å². The zero-order valence-electron chi connectivity index (χ0n) is 10.2. The fraction of sp³-hybridized carbons (Fsp3) is 0.500. The number of rotatable bonds is 4. The summed E-state index contributed by atoms with van der Waals surface area (Å²) in [5, 5.41) is 0. The van der Waals surface area contributed by atoms with Crippen molar-refractivity contribution in [3.05, 3.63) is 35.4 Å². The number of likely N-dealkylation sites (tertiary alicyclic amines) is 1. The van der Waals surface area contributed by atoms with Crippen molar-refractivity contribution in [2.75, 3.05) is 19.6 Å². The molecular weight excluding hydrogens is 212 g/mol. The molecule has 0 bridgehead atoms. The highest BCUT2D eigenvalue weighted by Crippen LogP contribution is 2.16. The van der Waals surface area contributed by atoms with Crippen LogP contribution in [0.3, 0.4) is 0 Å². The summed E-state index contributed by atoms with van der Waals surface area (Å²) >= 11 is 0. The number of hydrogen-bond acceptors (Lipinski definition) is 3. The smallest absolute Gasteiger partial charge is 0.176 e. The van der Waals surface area contributed by atoms with Crippen molar-refractivity contribution < 1.29 is 4.79 Å². The van der Waals surface area contributed by atoms with E-state index in [9.17, 15) is 4.79 Å². The van der Waals surface area contributed by atoms with Crippen LogP contribution >= 0.6 is 0 Å². The maximum atomic E-state index is 11.7. The molecule has 2 N–H and O–H groups in total. The number of hydrogen-bond donors (Lipinski definition) is 1. The normalized spacial score (nSPS) is 17.0. The van der Waals surface area contributed by atoms with Crippen LogP contribution in [0.2, 0.25) is 0 Å². The number of carbonyl (C=O) groups excluding carboxylic acids is 1. The summed E-state index contributed by atoms with van der Waals surface area (Å²) in [5.74, 6) is 0.0395. The predicted molar refractivity (Wildman–Crippen MR) is 69.0 cm³/mol. The van der Waals surface area contributed by atoms with E-state index < -0.39 is 0 Å². The van der Waals surface area contributed by atoms with E-state index in [4.69, 9.17) is 5.73 Å². The molecule has 1 saturated heterocycles. The highest BCUT2D eigenvalue weighted by Gasteiger charge is 2.14. The lowest BCUT2D eigenvalue weighted by Gasteiger charge is -2.27. The summed E-state index contributed by atoms with van der Waals surface area (Å²) in [6, 6.07) is 7.82. The largest absolute Gasteiger partial charge is 0.324 e. The number of carbonyl (C=O) groups is 1. The Morgan fingerprint density at radius 3 is 2.59 bits per heavy atom. The molecule has 0 radical (unpaired) electrons. The summed E-state index contributed by atoms with van der Waals surface area (Å²) in [7, 11) is 0. The lowest BCUT2D eigenvalue weighted by atomic mass is 10.0. The lowest BCUT2D eigenvalue weighted by Crippen LogP contribution is -2.30. The molecule has 3 heteroatoms. The van der Waals surface area contributed by atoms with Gasteiger partial charge in [0.15, 0.2) is 5.78 Å². The van der Waals surface area contributed by atoms with Gasteiger partial charge in [0.1, 0.15) is 0 Å². The van der Waals surface area contributed by atoms with Crippen LogP contribution in [0.25, 0.3) is 0 Å². The molecule has 1 heterocycles. The number of nitrogens with two attached hydrogens (primary N) is 1.